The van der Waals surface area contributed by atoms with Crippen molar-refractivity contribution in [2.75, 3.05) is 12.4 Å². The highest BCUT2D eigenvalue weighted by molar-refractivity contribution is 7.17. The first-order valence-electron chi connectivity index (χ1n) is 5.95. The second-order valence-electron chi connectivity index (χ2n) is 3.99. The Labute approximate surface area is 131 Å². The fraction of sp³-hybridized carbons (Fsp3) is 0.0667. The SMILES string of the molecule is COc1ccc(NC(=O)/C(C#N)=C/c2ccc(Cl)s2)cc1. The molecule has 0 spiro atoms. The molecule has 0 atom stereocenters. The minimum absolute atomic E-state index is 0.0179. The van der Waals surface area contributed by atoms with Crippen molar-refractivity contribution in [3.63, 3.8) is 0 Å². The van der Waals surface area contributed by atoms with Crippen LogP contribution in [0.1, 0.15) is 4.88 Å². The molecule has 4 nitrogen and oxygen atoms in total. The minimum Gasteiger partial charge on any atom is -0.497 e. The number of carbonyl (C=O) groups is 1. The van der Waals surface area contributed by atoms with Crippen LogP contribution in [0, 0.1) is 11.3 Å². The second-order valence-corrected chi connectivity index (χ2v) is 5.74. The van der Waals surface area contributed by atoms with Gasteiger partial charge in [0.2, 0.25) is 0 Å². The molecule has 0 aliphatic heterocycles. The molecule has 0 bridgehead atoms. The Kier molecular flexibility index (Phi) is 4.99. The van der Waals surface area contributed by atoms with Gasteiger partial charge in [-0.25, -0.2) is 0 Å². The Bertz CT molecular complexity index is 714. The van der Waals surface area contributed by atoms with Gasteiger partial charge in [0.1, 0.15) is 17.4 Å². The topological polar surface area (TPSA) is 62.1 Å². The summed E-state index contributed by atoms with van der Waals surface area (Å²) in [7, 11) is 1.57. The Morgan fingerprint density at radius 2 is 2.05 bits per heavy atom. The normalized spacial score (nSPS) is 10.8. The predicted octanol–water partition coefficient (Wildman–Crippen LogP) is 3.96. The van der Waals surface area contributed by atoms with E-state index in [1.54, 1.807) is 43.5 Å². The van der Waals surface area contributed by atoms with E-state index in [4.69, 9.17) is 21.6 Å². The summed E-state index contributed by atoms with van der Waals surface area (Å²) in [4.78, 5) is 12.8. The summed E-state index contributed by atoms with van der Waals surface area (Å²) in [6, 6.07) is 12.2. The zero-order valence-electron chi connectivity index (χ0n) is 11.1. The number of nitrogens with zero attached hydrogens (tertiary/aromatic N) is 1. The van der Waals surface area contributed by atoms with Gasteiger partial charge in [-0.2, -0.15) is 5.26 Å². The van der Waals surface area contributed by atoms with Crippen LogP contribution in [0.25, 0.3) is 6.08 Å². The van der Waals surface area contributed by atoms with Crippen LogP contribution < -0.4 is 10.1 Å². The molecule has 6 heteroatoms. The Morgan fingerprint density at radius 3 is 2.57 bits per heavy atom. The van der Waals surface area contributed by atoms with Crippen molar-refractivity contribution in [3.05, 3.63) is 51.2 Å². The maximum Gasteiger partial charge on any atom is 0.266 e. The van der Waals surface area contributed by atoms with E-state index in [0.717, 1.165) is 4.88 Å². The van der Waals surface area contributed by atoms with Gasteiger partial charge in [-0.05, 0) is 42.5 Å². The Hall–Kier alpha value is -2.29. The van der Waals surface area contributed by atoms with E-state index < -0.39 is 5.91 Å². The molecule has 2 rings (SSSR count). The van der Waals surface area contributed by atoms with Crippen LogP contribution in [0.5, 0.6) is 5.75 Å². The van der Waals surface area contributed by atoms with E-state index in [0.29, 0.717) is 15.8 Å². The van der Waals surface area contributed by atoms with Crippen LogP contribution in [0.15, 0.2) is 42.0 Å². The van der Waals surface area contributed by atoms with E-state index in [9.17, 15) is 4.79 Å². The number of amides is 1. The smallest absolute Gasteiger partial charge is 0.266 e. The molecule has 1 amide bonds. The van der Waals surface area contributed by atoms with Crippen LogP contribution >= 0.6 is 22.9 Å². The van der Waals surface area contributed by atoms with Crippen molar-refractivity contribution in [1.82, 2.24) is 0 Å². The van der Waals surface area contributed by atoms with Crippen LogP contribution in [-0.4, -0.2) is 13.0 Å². The fourth-order valence-corrected chi connectivity index (χ4v) is 2.57. The molecule has 1 aromatic carbocycles. The first-order chi connectivity index (χ1) is 10.1. The van der Waals surface area contributed by atoms with Gasteiger partial charge in [0, 0.05) is 10.6 Å². The molecule has 0 fully saturated rings. The molecular formula is C15H11ClN2O2S. The van der Waals surface area contributed by atoms with Gasteiger partial charge in [-0.3, -0.25) is 4.79 Å². The van der Waals surface area contributed by atoms with Crippen molar-refractivity contribution >= 4 is 40.6 Å². The van der Waals surface area contributed by atoms with E-state index in [-0.39, 0.29) is 5.57 Å². The largest absolute Gasteiger partial charge is 0.497 e. The number of thiophene rings is 1. The molecule has 0 radical (unpaired) electrons. The molecule has 21 heavy (non-hydrogen) atoms. The lowest BCUT2D eigenvalue weighted by molar-refractivity contribution is -0.112. The maximum atomic E-state index is 12.0. The fourth-order valence-electron chi connectivity index (χ4n) is 1.57. The lowest BCUT2D eigenvalue weighted by atomic mass is 10.2. The van der Waals surface area contributed by atoms with Crippen LogP contribution in [0.4, 0.5) is 5.69 Å². The van der Waals surface area contributed by atoms with Gasteiger partial charge in [-0.1, -0.05) is 11.6 Å². The predicted molar refractivity (Wildman–Crippen MR) is 84.5 cm³/mol. The summed E-state index contributed by atoms with van der Waals surface area (Å²) in [6.07, 6.45) is 1.51. The summed E-state index contributed by atoms with van der Waals surface area (Å²) < 4.78 is 5.64. The molecule has 106 valence electrons. The van der Waals surface area contributed by atoms with E-state index in [2.05, 4.69) is 5.32 Å². The third-order valence-electron chi connectivity index (χ3n) is 2.59. The van der Waals surface area contributed by atoms with Crippen LogP contribution in [-0.2, 0) is 4.79 Å². The zero-order valence-corrected chi connectivity index (χ0v) is 12.7. The molecular weight excluding hydrogens is 308 g/mol. The number of methoxy groups -OCH3 is 1. The molecule has 1 heterocycles. The average Bonchev–Trinajstić information content (AvgIpc) is 2.90. The van der Waals surface area contributed by atoms with Crippen molar-refractivity contribution in [1.29, 1.82) is 5.26 Å². The number of benzene rings is 1. The number of halogens is 1. The number of anilines is 1. The van der Waals surface area contributed by atoms with Crippen molar-refractivity contribution in [2.45, 2.75) is 0 Å². The lowest BCUT2D eigenvalue weighted by Crippen LogP contribution is -2.13. The van der Waals surface area contributed by atoms with E-state index in [1.807, 2.05) is 6.07 Å². The number of hydrogen-bond donors (Lipinski definition) is 1. The molecule has 0 saturated heterocycles. The van der Waals surface area contributed by atoms with Crippen LogP contribution in [0.2, 0.25) is 4.34 Å². The highest BCUT2D eigenvalue weighted by atomic mass is 35.5. The third kappa shape index (κ3) is 4.09. The highest BCUT2D eigenvalue weighted by Crippen LogP contribution is 2.24. The number of rotatable bonds is 4. The minimum atomic E-state index is -0.466. The summed E-state index contributed by atoms with van der Waals surface area (Å²) in [6.45, 7) is 0. The summed E-state index contributed by atoms with van der Waals surface area (Å²) >= 11 is 7.12. The van der Waals surface area contributed by atoms with E-state index >= 15 is 0 Å². The molecule has 2 aromatic rings. The molecule has 0 aliphatic carbocycles. The van der Waals surface area contributed by atoms with E-state index in [1.165, 1.54) is 17.4 Å². The Balaban J connectivity index is 2.13. The highest BCUT2D eigenvalue weighted by Gasteiger charge is 2.10. The zero-order chi connectivity index (χ0) is 15.2. The summed E-state index contributed by atoms with van der Waals surface area (Å²) in [5.41, 5.74) is 0.607. The van der Waals surface area contributed by atoms with Crippen molar-refractivity contribution in [3.8, 4) is 11.8 Å². The van der Waals surface area contributed by atoms with Gasteiger partial charge in [0.15, 0.2) is 0 Å². The lowest BCUT2D eigenvalue weighted by Gasteiger charge is -2.05. The van der Waals surface area contributed by atoms with Crippen molar-refractivity contribution in [2.24, 2.45) is 0 Å². The number of ether oxygens (including phenoxy) is 1. The van der Waals surface area contributed by atoms with Gasteiger partial charge in [0.25, 0.3) is 5.91 Å². The number of hydrogen-bond acceptors (Lipinski definition) is 4. The molecule has 1 N–H and O–H groups in total. The first-order valence-corrected chi connectivity index (χ1v) is 7.14. The van der Waals surface area contributed by atoms with Gasteiger partial charge < -0.3 is 10.1 Å². The number of nitriles is 1. The van der Waals surface area contributed by atoms with Crippen LogP contribution in [0.3, 0.4) is 0 Å². The number of carbonyl (C=O) groups excluding carboxylic acids is 1. The third-order valence-corrected chi connectivity index (χ3v) is 3.77. The molecule has 1 aromatic heterocycles. The summed E-state index contributed by atoms with van der Waals surface area (Å²) in [5, 5.41) is 11.8. The first kappa shape index (κ1) is 15.1. The average molecular weight is 319 g/mol. The monoisotopic (exact) mass is 318 g/mol. The second kappa shape index (κ2) is 6.93. The molecule has 0 saturated carbocycles. The standard InChI is InChI=1S/C15H11ClN2O2S/c1-20-12-4-2-11(3-5-12)18-15(19)10(9-17)8-13-6-7-14(16)21-13/h2-8H,1H3,(H,18,19)/b10-8+. The van der Waals surface area contributed by atoms with Gasteiger partial charge in [0.05, 0.1) is 11.4 Å². The van der Waals surface area contributed by atoms with Gasteiger partial charge in [-0.15, -0.1) is 11.3 Å². The summed E-state index contributed by atoms with van der Waals surface area (Å²) in [5.74, 6) is 0.226. The van der Waals surface area contributed by atoms with Gasteiger partial charge >= 0.3 is 0 Å². The molecule has 0 unspecified atom stereocenters. The van der Waals surface area contributed by atoms with Crippen molar-refractivity contribution < 1.29 is 9.53 Å². The number of nitrogens with one attached hydrogen (secondary N) is 1. The Morgan fingerprint density at radius 1 is 1.33 bits per heavy atom. The quantitative estimate of drug-likeness (QED) is 0.685. The maximum absolute atomic E-state index is 12.0. The molecule has 0 aliphatic rings.